The Morgan fingerprint density at radius 2 is 2.19 bits per heavy atom. The molecule has 0 saturated carbocycles. The molecule has 1 N–H and O–H groups in total. The Morgan fingerprint density at radius 1 is 1.38 bits per heavy atom. The molecule has 6 heteroatoms. The molecule has 0 spiro atoms. The Bertz CT molecular complexity index is 540. The molecule has 1 aromatic rings. The third-order valence-electron chi connectivity index (χ3n) is 4.12. The fourth-order valence-corrected chi connectivity index (χ4v) is 3.72. The average molecular weight is 374 g/mol. The number of likely N-dealkylation sites (tertiary alicyclic amines) is 1. The minimum absolute atomic E-state index is 0.0309. The number of rotatable bonds is 3. The van der Waals surface area contributed by atoms with Gasteiger partial charge in [0.15, 0.2) is 6.61 Å². The summed E-state index contributed by atoms with van der Waals surface area (Å²) < 4.78 is 6.45. The van der Waals surface area contributed by atoms with Gasteiger partial charge in [-0.2, -0.15) is 0 Å². The Hall–Kier alpha value is -0.780. The van der Waals surface area contributed by atoms with E-state index in [0.717, 1.165) is 30.4 Å². The van der Waals surface area contributed by atoms with Crippen molar-refractivity contribution in [3.05, 3.63) is 27.7 Å². The third-order valence-corrected chi connectivity index (χ3v) is 4.91. The zero-order valence-corrected chi connectivity index (χ0v) is 14.0. The van der Waals surface area contributed by atoms with E-state index < -0.39 is 0 Å². The van der Waals surface area contributed by atoms with E-state index in [9.17, 15) is 4.79 Å². The number of amides is 1. The van der Waals surface area contributed by atoms with Gasteiger partial charge in [0.1, 0.15) is 5.75 Å². The lowest BCUT2D eigenvalue weighted by atomic mass is 10.1. The molecule has 0 aliphatic carbocycles. The minimum atomic E-state index is 0.0309. The molecule has 0 radical (unpaired) electrons. The first-order valence-electron chi connectivity index (χ1n) is 7.23. The van der Waals surface area contributed by atoms with Crippen molar-refractivity contribution >= 4 is 33.4 Å². The van der Waals surface area contributed by atoms with Gasteiger partial charge in [0.2, 0.25) is 0 Å². The largest absolute Gasteiger partial charge is 0.482 e. The van der Waals surface area contributed by atoms with Crippen LogP contribution in [0.4, 0.5) is 0 Å². The summed E-state index contributed by atoms with van der Waals surface area (Å²) in [6, 6.07) is 6.40. The number of hydrogen-bond donors (Lipinski definition) is 1. The third kappa shape index (κ3) is 3.71. The zero-order chi connectivity index (χ0) is 14.8. The van der Waals surface area contributed by atoms with Crippen LogP contribution in [0.2, 0.25) is 5.02 Å². The number of hydrogen-bond acceptors (Lipinski definition) is 3. The topological polar surface area (TPSA) is 41.6 Å². The van der Waals surface area contributed by atoms with Gasteiger partial charge in [-0.25, -0.2) is 0 Å². The van der Waals surface area contributed by atoms with Crippen molar-refractivity contribution in [1.29, 1.82) is 0 Å². The van der Waals surface area contributed by atoms with E-state index in [-0.39, 0.29) is 12.5 Å². The standard InChI is InChI=1S/C15H18BrClN2O2/c16-10-1-4-14(13(17)7-10)21-9-15(20)19-6-5-11-2-3-12(8-19)18-11/h1,4,7,11-12,18H,2-3,5-6,8-9H2. The molecule has 114 valence electrons. The van der Waals surface area contributed by atoms with Crippen LogP contribution in [0.15, 0.2) is 22.7 Å². The van der Waals surface area contributed by atoms with E-state index in [1.54, 1.807) is 12.1 Å². The second-order valence-corrected chi connectivity index (χ2v) is 6.95. The number of carbonyl (C=O) groups excluding carboxylic acids is 1. The average Bonchev–Trinajstić information content (AvgIpc) is 2.77. The highest BCUT2D eigenvalue weighted by atomic mass is 79.9. The highest BCUT2D eigenvalue weighted by Crippen LogP contribution is 2.28. The summed E-state index contributed by atoms with van der Waals surface area (Å²) in [6.07, 6.45) is 3.42. The summed E-state index contributed by atoms with van der Waals surface area (Å²) in [5.41, 5.74) is 0. The van der Waals surface area contributed by atoms with Gasteiger partial charge in [-0.1, -0.05) is 27.5 Å². The molecule has 2 bridgehead atoms. The summed E-state index contributed by atoms with van der Waals surface area (Å²) in [7, 11) is 0. The molecule has 2 aliphatic rings. The van der Waals surface area contributed by atoms with Crippen molar-refractivity contribution in [2.24, 2.45) is 0 Å². The quantitative estimate of drug-likeness (QED) is 0.886. The summed E-state index contributed by atoms with van der Waals surface area (Å²) in [5.74, 6) is 0.575. The number of fused-ring (bicyclic) bond motifs is 2. The number of carbonyl (C=O) groups is 1. The second-order valence-electron chi connectivity index (χ2n) is 5.63. The van der Waals surface area contributed by atoms with Crippen LogP contribution >= 0.6 is 27.5 Å². The molecule has 1 aromatic carbocycles. The smallest absolute Gasteiger partial charge is 0.260 e. The van der Waals surface area contributed by atoms with Gasteiger partial charge in [-0.3, -0.25) is 4.79 Å². The lowest BCUT2D eigenvalue weighted by Gasteiger charge is -2.24. The van der Waals surface area contributed by atoms with Crippen LogP contribution in [-0.2, 0) is 4.79 Å². The number of benzene rings is 1. The maximum Gasteiger partial charge on any atom is 0.260 e. The van der Waals surface area contributed by atoms with Gasteiger partial charge >= 0.3 is 0 Å². The number of ether oxygens (including phenoxy) is 1. The second kappa shape index (κ2) is 6.55. The van der Waals surface area contributed by atoms with Crippen LogP contribution in [0.5, 0.6) is 5.75 Å². The van der Waals surface area contributed by atoms with Crippen LogP contribution in [-0.4, -0.2) is 42.6 Å². The molecule has 1 amide bonds. The molecule has 0 aromatic heterocycles. The van der Waals surface area contributed by atoms with Crippen molar-refractivity contribution in [2.75, 3.05) is 19.7 Å². The summed E-state index contributed by atoms with van der Waals surface area (Å²) in [4.78, 5) is 14.2. The Morgan fingerprint density at radius 3 is 3.00 bits per heavy atom. The van der Waals surface area contributed by atoms with Crippen molar-refractivity contribution in [1.82, 2.24) is 10.2 Å². The first-order chi connectivity index (χ1) is 10.1. The number of nitrogens with zero attached hydrogens (tertiary/aromatic N) is 1. The highest BCUT2D eigenvalue weighted by Gasteiger charge is 2.31. The van der Waals surface area contributed by atoms with Crippen LogP contribution in [0.1, 0.15) is 19.3 Å². The first-order valence-corrected chi connectivity index (χ1v) is 8.40. The Labute approximate surface area is 137 Å². The molecule has 4 nitrogen and oxygen atoms in total. The zero-order valence-electron chi connectivity index (χ0n) is 11.6. The molecule has 2 aliphatic heterocycles. The van der Waals surface area contributed by atoms with Gasteiger partial charge < -0.3 is 15.0 Å². The summed E-state index contributed by atoms with van der Waals surface area (Å²) in [6.45, 7) is 1.63. The van der Waals surface area contributed by atoms with Gasteiger partial charge in [0.25, 0.3) is 5.91 Å². The van der Waals surface area contributed by atoms with E-state index in [0.29, 0.717) is 22.9 Å². The molecular formula is C15H18BrClN2O2. The van der Waals surface area contributed by atoms with E-state index in [4.69, 9.17) is 16.3 Å². The fraction of sp³-hybridized carbons (Fsp3) is 0.533. The monoisotopic (exact) mass is 372 g/mol. The van der Waals surface area contributed by atoms with Crippen molar-refractivity contribution in [3.8, 4) is 5.75 Å². The normalized spacial score (nSPS) is 24.8. The van der Waals surface area contributed by atoms with Crippen LogP contribution in [0, 0.1) is 0 Å². The summed E-state index contributed by atoms with van der Waals surface area (Å²) >= 11 is 9.43. The van der Waals surface area contributed by atoms with E-state index in [2.05, 4.69) is 21.2 Å². The lowest BCUT2D eigenvalue weighted by molar-refractivity contribution is -0.133. The van der Waals surface area contributed by atoms with Gasteiger partial charge in [0, 0.05) is 29.6 Å². The van der Waals surface area contributed by atoms with Crippen LogP contribution < -0.4 is 10.1 Å². The number of halogens is 2. The SMILES string of the molecule is O=C(COc1ccc(Br)cc1Cl)N1CCC2CCC(C1)N2. The van der Waals surface area contributed by atoms with Crippen LogP contribution in [0.3, 0.4) is 0 Å². The molecular weight excluding hydrogens is 356 g/mol. The van der Waals surface area contributed by atoms with E-state index in [1.807, 2.05) is 11.0 Å². The minimum Gasteiger partial charge on any atom is -0.482 e. The van der Waals surface area contributed by atoms with Crippen molar-refractivity contribution in [3.63, 3.8) is 0 Å². The van der Waals surface area contributed by atoms with Gasteiger partial charge in [0.05, 0.1) is 5.02 Å². The molecule has 2 unspecified atom stereocenters. The fourth-order valence-electron chi connectivity index (χ4n) is 2.99. The molecule has 2 atom stereocenters. The van der Waals surface area contributed by atoms with E-state index in [1.165, 1.54) is 6.42 Å². The predicted molar refractivity (Wildman–Crippen MR) is 85.8 cm³/mol. The molecule has 2 fully saturated rings. The highest BCUT2D eigenvalue weighted by molar-refractivity contribution is 9.10. The predicted octanol–water partition coefficient (Wildman–Crippen LogP) is 2.83. The Kier molecular flexibility index (Phi) is 4.72. The first kappa shape index (κ1) is 15.1. The lowest BCUT2D eigenvalue weighted by Crippen LogP contribution is -2.41. The Balaban J connectivity index is 1.56. The van der Waals surface area contributed by atoms with Gasteiger partial charge in [-0.15, -0.1) is 0 Å². The van der Waals surface area contributed by atoms with Crippen molar-refractivity contribution in [2.45, 2.75) is 31.3 Å². The maximum atomic E-state index is 12.3. The molecule has 3 rings (SSSR count). The molecule has 2 saturated heterocycles. The van der Waals surface area contributed by atoms with Gasteiger partial charge in [-0.05, 0) is 37.5 Å². The molecule has 21 heavy (non-hydrogen) atoms. The van der Waals surface area contributed by atoms with E-state index >= 15 is 0 Å². The van der Waals surface area contributed by atoms with Crippen LogP contribution in [0.25, 0.3) is 0 Å². The maximum absolute atomic E-state index is 12.3. The van der Waals surface area contributed by atoms with Crippen molar-refractivity contribution < 1.29 is 9.53 Å². The summed E-state index contributed by atoms with van der Waals surface area (Å²) in [5, 5.41) is 4.07. The number of nitrogens with one attached hydrogen (secondary N) is 1. The molecule has 2 heterocycles.